The minimum absolute atomic E-state index is 0.0134. The lowest BCUT2D eigenvalue weighted by atomic mass is 10.1. The highest BCUT2D eigenvalue weighted by Gasteiger charge is 2.48. The van der Waals surface area contributed by atoms with Crippen LogP contribution in [0.4, 0.5) is 4.39 Å². The normalized spacial score (nSPS) is 27.8. The van der Waals surface area contributed by atoms with Gasteiger partial charge in [0.05, 0.1) is 18.1 Å². The number of methoxy groups -OCH3 is 1. The van der Waals surface area contributed by atoms with E-state index in [1.165, 1.54) is 6.07 Å². The van der Waals surface area contributed by atoms with Gasteiger partial charge in [-0.2, -0.15) is 0 Å². The van der Waals surface area contributed by atoms with Crippen LogP contribution >= 0.6 is 0 Å². The molecule has 2 aliphatic rings. The van der Waals surface area contributed by atoms with Gasteiger partial charge in [0.25, 0.3) is 0 Å². The fourth-order valence-electron chi connectivity index (χ4n) is 3.48. The van der Waals surface area contributed by atoms with Crippen molar-refractivity contribution < 1.29 is 22.3 Å². The lowest BCUT2D eigenvalue weighted by Gasteiger charge is -2.28. The summed E-state index contributed by atoms with van der Waals surface area (Å²) in [6.45, 7) is 0.732. The van der Waals surface area contributed by atoms with Crippen molar-refractivity contribution in [2.45, 2.75) is 24.8 Å². The van der Waals surface area contributed by atoms with E-state index in [9.17, 15) is 17.6 Å². The van der Waals surface area contributed by atoms with Crippen molar-refractivity contribution in [1.29, 1.82) is 0 Å². The molecule has 3 unspecified atom stereocenters. The van der Waals surface area contributed by atoms with Crippen molar-refractivity contribution in [3.05, 3.63) is 35.6 Å². The standard InChI is InChI=1S/C17H22FNO4S/c1-23-8-7-19(12-6-9-24(21,22)11-12)17(20)15-10-14(15)13-4-2-3-5-16(13)18/h2-5,12,14-15H,6-11H2,1H3. The summed E-state index contributed by atoms with van der Waals surface area (Å²) >= 11 is 0. The first kappa shape index (κ1) is 17.4. The lowest BCUT2D eigenvalue weighted by Crippen LogP contribution is -2.44. The van der Waals surface area contributed by atoms with Crippen LogP contribution in [0.5, 0.6) is 0 Å². The molecule has 24 heavy (non-hydrogen) atoms. The molecule has 0 spiro atoms. The van der Waals surface area contributed by atoms with Crippen molar-refractivity contribution in [3.63, 3.8) is 0 Å². The number of amides is 1. The molecule has 0 radical (unpaired) electrons. The molecule has 1 aromatic carbocycles. The third-order valence-corrected chi connectivity index (χ3v) is 6.63. The van der Waals surface area contributed by atoms with Gasteiger partial charge in [-0.15, -0.1) is 0 Å². The van der Waals surface area contributed by atoms with Gasteiger partial charge >= 0.3 is 0 Å². The summed E-state index contributed by atoms with van der Waals surface area (Å²) in [4.78, 5) is 14.5. The first-order valence-corrected chi connectivity index (χ1v) is 9.99. The lowest BCUT2D eigenvalue weighted by molar-refractivity contribution is -0.135. The summed E-state index contributed by atoms with van der Waals surface area (Å²) < 4.78 is 42.4. The van der Waals surface area contributed by atoms with Crippen LogP contribution in [-0.4, -0.2) is 57.0 Å². The molecule has 1 aliphatic heterocycles. The SMILES string of the molecule is COCCN(C(=O)C1CC1c1ccccc1F)C1CCS(=O)(=O)C1. The summed E-state index contributed by atoms with van der Waals surface area (Å²) in [5, 5.41) is 0. The second kappa shape index (κ2) is 6.80. The molecule has 3 atom stereocenters. The molecule has 2 fully saturated rings. The predicted molar refractivity (Wildman–Crippen MR) is 87.9 cm³/mol. The maximum absolute atomic E-state index is 13.9. The average molecular weight is 355 g/mol. The molecule has 1 amide bonds. The van der Waals surface area contributed by atoms with Crippen LogP contribution in [0.2, 0.25) is 0 Å². The fraction of sp³-hybridized carbons (Fsp3) is 0.588. The Kier molecular flexibility index (Phi) is 4.92. The largest absolute Gasteiger partial charge is 0.383 e. The van der Waals surface area contributed by atoms with Crippen molar-refractivity contribution in [3.8, 4) is 0 Å². The van der Waals surface area contributed by atoms with Crippen LogP contribution in [0, 0.1) is 11.7 Å². The maximum atomic E-state index is 13.9. The van der Waals surface area contributed by atoms with Gasteiger partial charge < -0.3 is 9.64 Å². The molecule has 0 aromatic heterocycles. The minimum atomic E-state index is -3.07. The van der Waals surface area contributed by atoms with E-state index in [-0.39, 0.29) is 41.1 Å². The van der Waals surface area contributed by atoms with Gasteiger partial charge in [-0.25, -0.2) is 12.8 Å². The minimum Gasteiger partial charge on any atom is -0.383 e. The predicted octanol–water partition coefficient (Wildman–Crippen LogP) is 1.59. The highest BCUT2D eigenvalue weighted by molar-refractivity contribution is 7.91. The number of rotatable bonds is 6. The number of hydrogen-bond acceptors (Lipinski definition) is 4. The molecule has 7 heteroatoms. The fourth-order valence-corrected chi connectivity index (χ4v) is 5.21. The van der Waals surface area contributed by atoms with E-state index in [0.717, 1.165) is 0 Å². The third kappa shape index (κ3) is 3.62. The van der Waals surface area contributed by atoms with Gasteiger partial charge in [-0.05, 0) is 30.4 Å². The van der Waals surface area contributed by atoms with Crippen LogP contribution in [0.15, 0.2) is 24.3 Å². The Hall–Kier alpha value is -1.47. The Labute approximate surface area is 141 Å². The van der Waals surface area contributed by atoms with Gasteiger partial charge in [-0.1, -0.05) is 18.2 Å². The van der Waals surface area contributed by atoms with E-state index in [0.29, 0.717) is 31.6 Å². The van der Waals surface area contributed by atoms with Gasteiger partial charge in [0.2, 0.25) is 5.91 Å². The molecule has 132 valence electrons. The first-order chi connectivity index (χ1) is 11.4. The second-order valence-electron chi connectivity index (χ2n) is 6.55. The molecule has 5 nitrogen and oxygen atoms in total. The number of carbonyl (C=O) groups is 1. The van der Waals surface area contributed by atoms with Crippen LogP contribution in [0.1, 0.15) is 24.3 Å². The summed E-state index contributed by atoms with van der Waals surface area (Å²) in [5.41, 5.74) is 0.571. The second-order valence-corrected chi connectivity index (χ2v) is 8.78. The quantitative estimate of drug-likeness (QED) is 0.777. The molecule has 0 bridgehead atoms. The van der Waals surface area contributed by atoms with Crippen LogP contribution < -0.4 is 0 Å². The van der Waals surface area contributed by atoms with E-state index < -0.39 is 9.84 Å². The molecular formula is C17H22FNO4S. The van der Waals surface area contributed by atoms with E-state index in [4.69, 9.17) is 4.74 Å². The molecule has 1 heterocycles. The smallest absolute Gasteiger partial charge is 0.226 e. The summed E-state index contributed by atoms with van der Waals surface area (Å²) in [6, 6.07) is 6.23. The zero-order valence-electron chi connectivity index (χ0n) is 13.7. The number of benzene rings is 1. The van der Waals surface area contributed by atoms with Crippen molar-refractivity contribution in [2.75, 3.05) is 31.8 Å². The summed E-state index contributed by atoms with van der Waals surface area (Å²) in [6.07, 6.45) is 1.08. The zero-order chi connectivity index (χ0) is 17.3. The third-order valence-electron chi connectivity index (χ3n) is 4.88. The number of hydrogen-bond donors (Lipinski definition) is 0. The molecular weight excluding hydrogens is 333 g/mol. The summed E-state index contributed by atoms with van der Waals surface area (Å²) in [7, 11) is -1.52. The average Bonchev–Trinajstić information content (AvgIpc) is 3.25. The van der Waals surface area contributed by atoms with Crippen molar-refractivity contribution >= 4 is 15.7 Å². The zero-order valence-corrected chi connectivity index (χ0v) is 14.5. The molecule has 1 saturated heterocycles. The van der Waals surface area contributed by atoms with Crippen molar-refractivity contribution in [1.82, 2.24) is 4.90 Å². The number of carbonyl (C=O) groups excluding carboxylic acids is 1. The Morgan fingerprint density at radius 1 is 1.38 bits per heavy atom. The van der Waals surface area contributed by atoms with E-state index >= 15 is 0 Å². The van der Waals surface area contributed by atoms with Gasteiger partial charge in [0.15, 0.2) is 9.84 Å². The van der Waals surface area contributed by atoms with Crippen molar-refractivity contribution in [2.24, 2.45) is 5.92 Å². The van der Waals surface area contributed by atoms with E-state index in [2.05, 4.69) is 0 Å². The molecule has 3 rings (SSSR count). The highest BCUT2D eigenvalue weighted by Crippen LogP contribution is 2.49. The number of nitrogens with zero attached hydrogens (tertiary/aromatic N) is 1. The molecule has 1 aliphatic carbocycles. The van der Waals surface area contributed by atoms with Crippen LogP contribution in [-0.2, 0) is 19.4 Å². The maximum Gasteiger partial charge on any atom is 0.226 e. The Balaban J connectivity index is 1.72. The topological polar surface area (TPSA) is 63.7 Å². The van der Waals surface area contributed by atoms with Crippen LogP contribution in [0.25, 0.3) is 0 Å². The Morgan fingerprint density at radius 3 is 2.75 bits per heavy atom. The van der Waals surface area contributed by atoms with E-state index in [1.807, 2.05) is 0 Å². The number of ether oxygens (including phenoxy) is 1. The van der Waals surface area contributed by atoms with E-state index in [1.54, 1.807) is 30.2 Å². The summed E-state index contributed by atoms with van der Waals surface area (Å²) in [5.74, 6) is -0.606. The Bertz CT molecular complexity index is 721. The number of sulfone groups is 1. The molecule has 1 saturated carbocycles. The first-order valence-electron chi connectivity index (χ1n) is 8.17. The van der Waals surface area contributed by atoms with Gasteiger partial charge in [0, 0.05) is 25.6 Å². The van der Waals surface area contributed by atoms with Gasteiger partial charge in [0.1, 0.15) is 5.82 Å². The monoisotopic (exact) mass is 355 g/mol. The Morgan fingerprint density at radius 2 is 2.12 bits per heavy atom. The molecule has 0 N–H and O–H groups in total. The highest BCUT2D eigenvalue weighted by atomic mass is 32.2. The molecule has 1 aromatic rings. The van der Waals surface area contributed by atoms with Gasteiger partial charge in [-0.3, -0.25) is 4.79 Å². The number of halogens is 1. The van der Waals surface area contributed by atoms with Crippen LogP contribution in [0.3, 0.4) is 0 Å².